The Morgan fingerprint density at radius 2 is 1.89 bits per heavy atom. The van der Waals surface area contributed by atoms with Crippen LogP contribution in [0, 0.1) is 5.92 Å². The van der Waals surface area contributed by atoms with Crippen molar-refractivity contribution in [1.29, 1.82) is 0 Å². The molecule has 1 atom stereocenters. The fourth-order valence-corrected chi connectivity index (χ4v) is 2.87. The number of carboxylic acid groups (broad SMARTS) is 1. The minimum atomic E-state index is -1.39. The van der Waals surface area contributed by atoms with Crippen LogP contribution in [-0.4, -0.2) is 25.3 Å². The topological polar surface area (TPSA) is 81.8 Å². The second-order valence-electron chi connectivity index (χ2n) is 4.64. The summed E-state index contributed by atoms with van der Waals surface area (Å²) in [5.74, 6) is -0.0681. The molecule has 0 spiro atoms. The van der Waals surface area contributed by atoms with Gasteiger partial charge in [0, 0.05) is 10.0 Å². The molecule has 19 heavy (non-hydrogen) atoms. The van der Waals surface area contributed by atoms with E-state index in [1.165, 1.54) is 14.2 Å². The van der Waals surface area contributed by atoms with Crippen LogP contribution in [0.4, 0.5) is 0 Å². The number of ether oxygens (including phenoxy) is 2. The lowest BCUT2D eigenvalue weighted by molar-refractivity contribution is -0.144. The van der Waals surface area contributed by atoms with E-state index < -0.39 is 11.5 Å². The van der Waals surface area contributed by atoms with E-state index in [-0.39, 0.29) is 5.92 Å². The van der Waals surface area contributed by atoms with Crippen LogP contribution in [0.5, 0.6) is 11.5 Å². The molecule has 0 radical (unpaired) electrons. The van der Waals surface area contributed by atoms with Crippen LogP contribution in [0.15, 0.2) is 16.6 Å². The summed E-state index contributed by atoms with van der Waals surface area (Å²) < 4.78 is 11.0. The van der Waals surface area contributed by atoms with Crippen molar-refractivity contribution >= 4 is 21.9 Å². The van der Waals surface area contributed by atoms with Crippen LogP contribution in [-0.2, 0) is 10.3 Å². The van der Waals surface area contributed by atoms with Gasteiger partial charge in [-0.2, -0.15) is 0 Å². The van der Waals surface area contributed by atoms with Crippen LogP contribution in [0.1, 0.15) is 18.4 Å². The quantitative estimate of drug-likeness (QED) is 0.864. The number of carbonyl (C=O) groups is 1. The number of aliphatic carboxylic acids is 1. The first kappa shape index (κ1) is 14.1. The number of nitrogens with two attached hydrogens (primary N) is 1. The molecule has 1 fully saturated rings. The van der Waals surface area contributed by atoms with Gasteiger partial charge in [-0.15, -0.1) is 0 Å². The van der Waals surface area contributed by atoms with Gasteiger partial charge in [-0.3, -0.25) is 0 Å². The standard InChI is InChI=1S/C13H16BrNO4/c1-18-10-5-8(9(14)6-11(10)19-2)13(15,12(16)17)7-3-4-7/h5-7H,3-4,15H2,1-2H3,(H,16,17). The molecule has 6 heteroatoms. The highest BCUT2D eigenvalue weighted by Crippen LogP contribution is 2.48. The SMILES string of the molecule is COc1cc(Br)c(C(N)(C(=O)O)C2CC2)cc1OC. The average molecular weight is 330 g/mol. The Morgan fingerprint density at radius 1 is 1.37 bits per heavy atom. The molecule has 1 saturated carbocycles. The molecule has 1 aliphatic rings. The van der Waals surface area contributed by atoms with Gasteiger partial charge >= 0.3 is 5.97 Å². The van der Waals surface area contributed by atoms with Crippen molar-refractivity contribution in [2.24, 2.45) is 11.7 Å². The monoisotopic (exact) mass is 329 g/mol. The fraction of sp³-hybridized carbons (Fsp3) is 0.462. The number of hydrogen-bond donors (Lipinski definition) is 2. The van der Waals surface area contributed by atoms with Crippen molar-refractivity contribution < 1.29 is 19.4 Å². The third-order valence-corrected chi connectivity index (χ3v) is 4.15. The van der Waals surface area contributed by atoms with Gasteiger partial charge < -0.3 is 20.3 Å². The van der Waals surface area contributed by atoms with Gasteiger partial charge in [0.15, 0.2) is 11.5 Å². The summed E-state index contributed by atoms with van der Waals surface area (Å²) in [7, 11) is 3.03. The van der Waals surface area contributed by atoms with E-state index in [2.05, 4.69) is 15.9 Å². The van der Waals surface area contributed by atoms with E-state index in [0.29, 0.717) is 21.5 Å². The number of halogens is 1. The van der Waals surface area contributed by atoms with E-state index in [1.54, 1.807) is 12.1 Å². The number of benzene rings is 1. The molecule has 3 N–H and O–H groups in total. The average Bonchev–Trinajstić information content (AvgIpc) is 3.21. The van der Waals surface area contributed by atoms with Crippen LogP contribution in [0.2, 0.25) is 0 Å². The summed E-state index contributed by atoms with van der Waals surface area (Å²) in [6, 6.07) is 3.32. The number of rotatable bonds is 5. The highest BCUT2D eigenvalue weighted by atomic mass is 79.9. The van der Waals surface area contributed by atoms with Crippen molar-refractivity contribution in [2.45, 2.75) is 18.4 Å². The Labute approximate surface area is 119 Å². The second-order valence-corrected chi connectivity index (χ2v) is 5.49. The maximum Gasteiger partial charge on any atom is 0.328 e. The molecule has 1 aromatic rings. The molecule has 2 rings (SSSR count). The summed E-state index contributed by atoms with van der Waals surface area (Å²) in [5, 5.41) is 9.49. The van der Waals surface area contributed by atoms with Gasteiger partial charge in [0.25, 0.3) is 0 Å². The first-order valence-electron chi connectivity index (χ1n) is 5.89. The molecular formula is C13H16BrNO4. The third kappa shape index (κ3) is 2.30. The third-order valence-electron chi connectivity index (χ3n) is 3.49. The lowest BCUT2D eigenvalue weighted by Gasteiger charge is -2.27. The van der Waals surface area contributed by atoms with Gasteiger partial charge in [-0.25, -0.2) is 4.79 Å². The van der Waals surface area contributed by atoms with Gasteiger partial charge in [0.2, 0.25) is 0 Å². The Kier molecular flexibility index (Phi) is 3.73. The Bertz CT molecular complexity index is 516. The van der Waals surface area contributed by atoms with Gasteiger partial charge in [-0.05, 0) is 30.9 Å². The highest BCUT2D eigenvalue weighted by molar-refractivity contribution is 9.10. The first-order valence-corrected chi connectivity index (χ1v) is 6.68. The van der Waals surface area contributed by atoms with Crippen molar-refractivity contribution in [3.63, 3.8) is 0 Å². The van der Waals surface area contributed by atoms with Crippen LogP contribution in [0.25, 0.3) is 0 Å². The van der Waals surface area contributed by atoms with Crippen molar-refractivity contribution in [1.82, 2.24) is 0 Å². The number of carboxylic acids is 1. The van der Waals surface area contributed by atoms with Crippen LogP contribution >= 0.6 is 15.9 Å². The fourth-order valence-electron chi connectivity index (χ4n) is 2.22. The summed E-state index contributed by atoms with van der Waals surface area (Å²) in [6.07, 6.45) is 1.65. The van der Waals surface area contributed by atoms with Gasteiger partial charge in [0.05, 0.1) is 14.2 Å². The van der Waals surface area contributed by atoms with Crippen molar-refractivity contribution in [3.8, 4) is 11.5 Å². The molecule has 0 aromatic heterocycles. The van der Waals surface area contributed by atoms with Crippen LogP contribution < -0.4 is 15.2 Å². The largest absolute Gasteiger partial charge is 0.493 e. The molecule has 0 heterocycles. The minimum absolute atomic E-state index is 0.0422. The molecule has 104 valence electrons. The Morgan fingerprint density at radius 3 is 2.32 bits per heavy atom. The van der Waals surface area contributed by atoms with E-state index >= 15 is 0 Å². The second kappa shape index (κ2) is 5.02. The predicted octanol–water partition coefficient (Wildman–Crippen LogP) is 2.11. The zero-order valence-corrected chi connectivity index (χ0v) is 12.4. The lowest BCUT2D eigenvalue weighted by Crippen LogP contribution is -2.47. The first-order chi connectivity index (χ1) is 8.94. The summed E-state index contributed by atoms with van der Waals surface area (Å²) in [5.41, 5.74) is 5.28. The molecule has 1 unspecified atom stereocenters. The molecule has 0 amide bonds. The molecule has 0 saturated heterocycles. The van der Waals surface area contributed by atoms with Gasteiger partial charge in [0.1, 0.15) is 5.54 Å². The molecule has 1 aromatic carbocycles. The van der Waals surface area contributed by atoms with E-state index in [4.69, 9.17) is 15.2 Å². The number of hydrogen-bond acceptors (Lipinski definition) is 4. The predicted molar refractivity (Wildman–Crippen MR) is 73.5 cm³/mol. The summed E-state index contributed by atoms with van der Waals surface area (Å²) in [4.78, 5) is 11.6. The molecule has 5 nitrogen and oxygen atoms in total. The van der Waals surface area contributed by atoms with Crippen molar-refractivity contribution in [2.75, 3.05) is 14.2 Å². The van der Waals surface area contributed by atoms with Crippen LogP contribution in [0.3, 0.4) is 0 Å². The minimum Gasteiger partial charge on any atom is -0.493 e. The summed E-state index contributed by atoms with van der Waals surface area (Å²) in [6.45, 7) is 0. The smallest absolute Gasteiger partial charge is 0.328 e. The molecule has 0 aliphatic heterocycles. The lowest BCUT2D eigenvalue weighted by atomic mass is 9.86. The maximum absolute atomic E-state index is 11.6. The van der Waals surface area contributed by atoms with E-state index in [9.17, 15) is 9.90 Å². The van der Waals surface area contributed by atoms with Gasteiger partial charge in [-0.1, -0.05) is 15.9 Å². The molecule has 0 bridgehead atoms. The van der Waals surface area contributed by atoms with E-state index in [0.717, 1.165) is 12.8 Å². The normalized spacial score (nSPS) is 17.7. The Balaban J connectivity index is 2.57. The highest BCUT2D eigenvalue weighted by Gasteiger charge is 2.50. The summed E-state index contributed by atoms with van der Waals surface area (Å²) >= 11 is 3.37. The number of methoxy groups -OCH3 is 2. The molecular weight excluding hydrogens is 314 g/mol. The zero-order valence-electron chi connectivity index (χ0n) is 10.8. The van der Waals surface area contributed by atoms with Crippen molar-refractivity contribution in [3.05, 3.63) is 22.2 Å². The zero-order chi connectivity index (χ0) is 14.2. The maximum atomic E-state index is 11.6. The Hall–Kier alpha value is -1.27. The van der Waals surface area contributed by atoms with E-state index in [1.807, 2.05) is 0 Å². The molecule has 1 aliphatic carbocycles.